The molecule has 4 nitrogen and oxygen atoms in total. The second kappa shape index (κ2) is 7.77. The van der Waals surface area contributed by atoms with Crippen LogP contribution in [0.4, 0.5) is 0 Å². The van der Waals surface area contributed by atoms with E-state index in [4.69, 9.17) is 10.5 Å². The van der Waals surface area contributed by atoms with Gasteiger partial charge in [0.25, 0.3) is 0 Å². The number of ether oxygens (including phenoxy) is 1. The summed E-state index contributed by atoms with van der Waals surface area (Å²) >= 11 is 0. The quantitative estimate of drug-likeness (QED) is 0.858. The zero-order valence-electron chi connectivity index (χ0n) is 15.8. The number of hydrogen-bond acceptors (Lipinski definition) is 3. The van der Waals surface area contributed by atoms with Gasteiger partial charge in [-0.15, -0.1) is 0 Å². The average Bonchev–Trinajstić information content (AvgIpc) is 2.53. The van der Waals surface area contributed by atoms with Crippen LogP contribution in [0.1, 0.15) is 57.1 Å². The molecule has 2 atom stereocenters. The fourth-order valence-electron chi connectivity index (χ4n) is 4.50. The monoisotopic (exact) mass is 344 g/mol. The molecule has 3 rings (SSSR count). The van der Waals surface area contributed by atoms with Gasteiger partial charge in [0.15, 0.2) is 0 Å². The van der Waals surface area contributed by atoms with E-state index >= 15 is 0 Å². The highest BCUT2D eigenvalue weighted by molar-refractivity contribution is 5.78. The van der Waals surface area contributed by atoms with Gasteiger partial charge in [0.2, 0.25) is 5.91 Å². The van der Waals surface area contributed by atoms with Crippen molar-refractivity contribution in [3.63, 3.8) is 0 Å². The summed E-state index contributed by atoms with van der Waals surface area (Å²) in [5, 5.41) is 3.15. The highest BCUT2D eigenvalue weighted by Gasteiger charge is 2.40. The number of amides is 1. The molecule has 138 valence electrons. The highest BCUT2D eigenvalue weighted by atomic mass is 16.5. The standard InChI is InChI=1S/C21H32N2O2/c1-13(2)25-19-9-14(3)7-8-17(19)12-23-21(24)18-10-15-5-4-6-16(11-18)20(15)22/h7-9,13,15-16,18,20H,4-6,10-12,22H2,1-3H3,(H,23,24). The molecule has 0 spiro atoms. The lowest BCUT2D eigenvalue weighted by Gasteiger charge is -2.43. The lowest BCUT2D eigenvalue weighted by molar-refractivity contribution is -0.128. The molecule has 0 aromatic heterocycles. The minimum Gasteiger partial charge on any atom is -0.491 e. The van der Waals surface area contributed by atoms with Crippen LogP contribution in [0.25, 0.3) is 0 Å². The molecule has 0 saturated heterocycles. The fourth-order valence-corrected chi connectivity index (χ4v) is 4.50. The summed E-state index contributed by atoms with van der Waals surface area (Å²) in [6.07, 6.45) is 5.67. The van der Waals surface area contributed by atoms with Gasteiger partial charge < -0.3 is 15.8 Å². The number of aryl methyl sites for hydroxylation is 1. The van der Waals surface area contributed by atoms with E-state index in [0.717, 1.165) is 24.2 Å². The number of rotatable bonds is 5. The van der Waals surface area contributed by atoms with Crippen molar-refractivity contribution in [2.24, 2.45) is 23.5 Å². The lowest BCUT2D eigenvalue weighted by atomic mass is 9.65. The number of hydrogen-bond donors (Lipinski definition) is 2. The second-order valence-electron chi connectivity index (χ2n) is 8.19. The summed E-state index contributed by atoms with van der Waals surface area (Å²) < 4.78 is 5.91. The van der Waals surface area contributed by atoms with Crippen LogP contribution in [0, 0.1) is 24.7 Å². The molecule has 1 aromatic rings. The first-order valence-corrected chi connectivity index (χ1v) is 9.73. The Bertz CT molecular complexity index is 600. The molecule has 3 N–H and O–H groups in total. The van der Waals surface area contributed by atoms with Crippen molar-refractivity contribution in [2.75, 3.05) is 0 Å². The number of nitrogens with one attached hydrogen (secondary N) is 1. The molecule has 0 heterocycles. The Kier molecular flexibility index (Phi) is 5.67. The average molecular weight is 344 g/mol. The van der Waals surface area contributed by atoms with Crippen molar-refractivity contribution in [1.29, 1.82) is 0 Å². The number of fused-ring (bicyclic) bond motifs is 2. The van der Waals surface area contributed by atoms with Crippen LogP contribution in [0.5, 0.6) is 5.75 Å². The minimum atomic E-state index is 0.120. The van der Waals surface area contributed by atoms with Crippen LogP contribution in [-0.4, -0.2) is 18.1 Å². The van der Waals surface area contributed by atoms with Crippen LogP contribution in [0.3, 0.4) is 0 Å². The van der Waals surface area contributed by atoms with Crippen molar-refractivity contribution in [1.82, 2.24) is 5.32 Å². The lowest BCUT2D eigenvalue weighted by Crippen LogP contribution is -2.49. The van der Waals surface area contributed by atoms with Gasteiger partial charge in [0.05, 0.1) is 6.10 Å². The van der Waals surface area contributed by atoms with Gasteiger partial charge >= 0.3 is 0 Å². The van der Waals surface area contributed by atoms with E-state index in [1.165, 1.54) is 24.8 Å². The molecule has 0 aliphatic heterocycles. The molecule has 2 aliphatic carbocycles. The van der Waals surface area contributed by atoms with E-state index in [1.807, 2.05) is 19.9 Å². The van der Waals surface area contributed by atoms with Crippen molar-refractivity contribution in [3.05, 3.63) is 29.3 Å². The van der Waals surface area contributed by atoms with E-state index in [0.29, 0.717) is 24.4 Å². The van der Waals surface area contributed by atoms with Gasteiger partial charge in [0, 0.05) is 24.1 Å². The van der Waals surface area contributed by atoms with Gasteiger partial charge in [-0.2, -0.15) is 0 Å². The summed E-state index contributed by atoms with van der Waals surface area (Å²) in [7, 11) is 0. The Labute approximate surface area is 151 Å². The Hall–Kier alpha value is -1.55. The van der Waals surface area contributed by atoms with Crippen molar-refractivity contribution in [3.8, 4) is 5.75 Å². The zero-order chi connectivity index (χ0) is 18.0. The smallest absolute Gasteiger partial charge is 0.223 e. The number of benzene rings is 1. The topological polar surface area (TPSA) is 64.4 Å². The van der Waals surface area contributed by atoms with Gasteiger partial charge in [0.1, 0.15) is 5.75 Å². The van der Waals surface area contributed by atoms with Crippen LogP contribution < -0.4 is 15.8 Å². The first kappa shape index (κ1) is 18.2. The Morgan fingerprint density at radius 3 is 2.60 bits per heavy atom. The maximum atomic E-state index is 12.7. The second-order valence-corrected chi connectivity index (χ2v) is 8.19. The zero-order valence-corrected chi connectivity index (χ0v) is 15.8. The molecule has 2 saturated carbocycles. The van der Waals surface area contributed by atoms with Crippen LogP contribution >= 0.6 is 0 Å². The van der Waals surface area contributed by atoms with Gasteiger partial charge in [-0.3, -0.25) is 4.79 Å². The predicted octanol–water partition coefficient (Wildman–Crippen LogP) is 3.55. The normalized spacial score (nSPS) is 28.7. The molecule has 2 unspecified atom stereocenters. The molecule has 25 heavy (non-hydrogen) atoms. The van der Waals surface area contributed by atoms with Gasteiger partial charge in [-0.05, 0) is 69.9 Å². The SMILES string of the molecule is Cc1ccc(CNC(=O)C2CC3CCCC(C2)C3N)c(OC(C)C)c1. The van der Waals surface area contributed by atoms with E-state index in [2.05, 4.69) is 24.4 Å². The molecule has 4 heteroatoms. The Balaban J connectivity index is 1.61. The van der Waals surface area contributed by atoms with Crippen LogP contribution in [0.2, 0.25) is 0 Å². The molecule has 0 radical (unpaired) electrons. The van der Waals surface area contributed by atoms with Crippen molar-refractivity contribution < 1.29 is 9.53 Å². The van der Waals surface area contributed by atoms with Crippen molar-refractivity contribution >= 4 is 5.91 Å². The van der Waals surface area contributed by atoms with E-state index in [9.17, 15) is 4.79 Å². The largest absolute Gasteiger partial charge is 0.491 e. The number of carbonyl (C=O) groups excluding carboxylic acids is 1. The van der Waals surface area contributed by atoms with Gasteiger partial charge in [-0.1, -0.05) is 18.6 Å². The third-order valence-electron chi connectivity index (χ3n) is 5.82. The minimum absolute atomic E-state index is 0.120. The first-order valence-electron chi connectivity index (χ1n) is 9.73. The third kappa shape index (κ3) is 4.35. The molecule has 1 aromatic carbocycles. The Morgan fingerprint density at radius 1 is 1.28 bits per heavy atom. The number of carbonyl (C=O) groups is 1. The molecular weight excluding hydrogens is 312 g/mol. The predicted molar refractivity (Wildman–Crippen MR) is 100 cm³/mol. The van der Waals surface area contributed by atoms with Crippen molar-refractivity contribution in [2.45, 2.75) is 71.6 Å². The summed E-state index contributed by atoms with van der Waals surface area (Å²) in [4.78, 5) is 12.7. The van der Waals surface area contributed by atoms with Crippen LogP contribution in [-0.2, 0) is 11.3 Å². The maximum Gasteiger partial charge on any atom is 0.223 e. The van der Waals surface area contributed by atoms with E-state index < -0.39 is 0 Å². The first-order chi connectivity index (χ1) is 11.9. The summed E-state index contributed by atoms with van der Waals surface area (Å²) in [5.74, 6) is 2.23. The molecular formula is C21H32N2O2. The van der Waals surface area contributed by atoms with Crippen LogP contribution in [0.15, 0.2) is 18.2 Å². The summed E-state index contributed by atoms with van der Waals surface area (Å²) in [5.41, 5.74) is 8.55. The van der Waals surface area contributed by atoms with E-state index in [-0.39, 0.29) is 17.9 Å². The molecule has 1 amide bonds. The third-order valence-corrected chi connectivity index (χ3v) is 5.82. The summed E-state index contributed by atoms with van der Waals surface area (Å²) in [6, 6.07) is 6.48. The number of nitrogens with two attached hydrogens (primary N) is 1. The van der Waals surface area contributed by atoms with Gasteiger partial charge in [-0.25, -0.2) is 0 Å². The summed E-state index contributed by atoms with van der Waals surface area (Å²) in [6.45, 7) is 6.63. The molecule has 2 bridgehead atoms. The molecule has 2 fully saturated rings. The highest BCUT2D eigenvalue weighted by Crippen LogP contribution is 2.41. The fraction of sp³-hybridized carbons (Fsp3) is 0.667. The van der Waals surface area contributed by atoms with E-state index in [1.54, 1.807) is 0 Å². The molecule has 2 aliphatic rings. The maximum absolute atomic E-state index is 12.7. The Morgan fingerprint density at radius 2 is 1.96 bits per heavy atom.